The van der Waals surface area contributed by atoms with Gasteiger partial charge in [0.15, 0.2) is 0 Å². The number of aryl methyl sites for hydroxylation is 3. The molecule has 1 N–H and O–H groups in total. The van der Waals surface area contributed by atoms with Crippen molar-refractivity contribution in [2.45, 2.75) is 31.7 Å². The lowest BCUT2D eigenvalue weighted by atomic mass is 10.1. The number of fused-ring (bicyclic) bond motifs is 1. The molecule has 2 aromatic carbocycles. The molecule has 0 bridgehead atoms. The highest BCUT2D eigenvalue weighted by Crippen LogP contribution is 2.20. The van der Waals surface area contributed by atoms with Crippen LogP contribution >= 0.6 is 0 Å². The number of anilines is 1. The molecule has 0 aliphatic heterocycles. The maximum Gasteiger partial charge on any atom is 0.242 e. The van der Waals surface area contributed by atoms with E-state index in [-0.39, 0.29) is 17.2 Å². The third kappa shape index (κ3) is 4.05. The first-order valence-corrected chi connectivity index (χ1v) is 10.3. The smallest absolute Gasteiger partial charge is 0.242 e. The summed E-state index contributed by atoms with van der Waals surface area (Å²) >= 11 is 0. The van der Waals surface area contributed by atoms with Crippen LogP contribution in [0.25, 0.3) is 11.0 Å². The molecule has 28 heavy (non-hydrogen) atoms. The van der Waals surface area contributed by atoms with Gasteiger partial charge in [0.1, 0.15) is 5.52 Å². The fourth-order valence-corrected chi connectivity index (χ4v) is 3.70. The summed E-state index contributed by atoms with van der Waals surface area (Å²) in [6, 6.07) is 10.6. The van der Waals surface area contributed by atoms with Gasteiger partial charge in [0, 0.05) is 26.2 Å². The van der Waals surface area contributed by atoms with E-state index < -0.39 is 10.0 Å². The molecule has 0 aliphatic carbocycles. The Morgan fingerprint density at radius 2 is 1.89 bits per heavy atom. The van der Waals surface area contributed by atoms with Crippen molar-refractivity contribution in [3.63, 3.8) is 0 Å². The van der Waals surface area contributed by atoms with Crippen LogP contribution in [0.1, 0.15) is 17.5 Å². The largest absolute Gasteiger partial charge is 0.326 e. The summed E-state index contributed by atoms with van der Waals surface area (Å²) in [5.41, 5.74) is 4.02. The highest BCUT2D eigenvalue weighted by Gasteiger charge is 2.19. The second-order valence-corrected chi connectivity index (χ2v) is 9.02. The normalized spacial score (nSPS) is 11.9. The van der Waals surface area contributed by atoms with Crippen LogP contribution in [0.5, 0.6) is 0 Å². The van der Waals surface area contributed by atoms with E-state index in [9.17, 15) is 13.2 Å². The first-order valence-electron chi connectivity index (χ1n) is 8.81. The molecule has 0 spiro atoms. The summed E-state index contributed by atoms with van der Waals surface area (Å²) in [6.07, 6.45) is 0.226. The van der Waals surface area contributed by atoms with Crippen molar-refractivity contribution in [3.05, 3.63) is 47.5 Å². The number of rotatable bonds is 6. The maximum atomic E-state index is 12.3. The molecule has 0 saturated carbocycles. The molecule has 3 rings (SSSR count). The average molecular weight is 401 g/mol. The molecule has 0 unspecified atom stereocenters. The van der Waals surface area contributed by atoms with Crippen molar-refractivity contribution < 1.29 is 13.2 Å². The van der Waals surface area contributed by atoms with E-state index in [0.29, 0.717) is 17.6 Å². The number of hydrogen-bond donors (Lipinski definition) is 1. The Morgan fingerprint density at radius 1 is 1.14 bits per heavy atom. The molecule has 0 fully saturated rings. The van der Waals surface area contributed by atoms with Crippen LogP contribution in [0.3, 0.4) is 0 Å². The van der Waals surface area contributed by atoms with E-state index in [2.05, 4.69) is 15.6 Å². The van der Waals surface area contributed by atoms with Crippen LogP contribution < -0.4 is 5.32 Å². The van der Waals surface area contributed by atoms with E-state index in [1.807, 2.05) is 32.0 Å². The molecule has 1 heterocycles. The topological polar surface area (TPSA) is 97.2 Å². The Bertz CT molecular complexity index is 1140. The molecule has 0 atom stereocenters. The zero-order valence-corrected chi connectivity index (χ0v) is 17.1. The SMILES string of the molecule is Cc1ccc(C)c(NC(=O)CCn2nnc3cc(S(=O)(=O)N(C)C)ccc32)c1. The fraction of sp³-hybridized carbons (Fsp3) is 0.316. The summed E-state index contributed by atoms with van der Waals surface area (Å²) in [5.74, 6) is -0.121. The third-order valence-corrected chi connectivity index (χ3v) is 6.29. The van der Waals surface area contributed by atoms with Crippen molar-refractivity contribution in [3.8, 4) is 0 Å². The molecule has 8 nitrogen and oxygen atoms in total. The minimum Gasteiger partial charge on any atom is -0.326 e. The van der Waals surface area contributed by atoms with Crippen LogP contribution in [-0.2, 0) is 21.4 Å². The number of nitrogens with one attached hydrogen (secondary N) is 1. The van der Waals surface area contributed by atoms with Gasteiger partial charge in [-0.2, -0.15) is 0 Å². The van der Waals surface area contributed by atoms with Gasteiger partial charge in [-0.1, -0.05) is 17.3 Å². The van der Waals surface area contributed by atoms with Gasteiger partial charge in [0.25, 0.3) is 0 Å². The van der Waals surface area contributed by atoms with Crippen molar-refractivity contribution in [2.75, 3.05) is 19.4 Å². The van der Waals surface area contributed by atoms with Gasteiger partial charge < -0.3 is 5.32 Å². The first-order chi connectivity index (χ1) is 13.2. The van der Waals surface area contributed by atoms with Crippen molar-refractivity contribution in [1.82, 2.24) is 19.3 Å². The lowest BCUT2D eigenvalue weighted by Gasteiger charge is -2.11. The highest BCUT2D eigenvalue weighted by atomic mass is 32.2. The second kappa shape index (κ2) is 7.69. The third-order valence-electron chi connectivity index (χ3n) is 4.48. The molecule has 9 heteroatoms. The van der Waals surface area contributed by atoms with E-state index in [1.54, 1.807) is 10.7 Å². The van der Waals surface area contributed by atoms with Crippen LogP contribution in [0, 0.1) is 13.8 Å². The Kier molecular flexibility index (Phi) is 5.48. The first kappa shape index (κ1) is 20.0. The van der Waals surface area contributed by atoms with Crippen LogP contribution in [0.4, 0.5) is 5.69 Å². The number of nitrogens with zero attached hydrogens (tertiary/aromatic N) is 4. The van der Waals surface area contributed by atoms with Gasteiger partial charge in [-0.15, -0.1) is 5.10 Å². The summed E-state index contributed by atoms with van der Waals surface area (Å²) in [4.78, 5) is 12.5. The van der Waals surface area contributed by atoms with E-state index >= 15 is 0 Å². The summed E-state index contributed by atoms with van der Waals surface area (Å²) < 4.78 is 27.2. The van der Waals surface area contributed by atoms with Crippen molar-refractivity contribution >= 4 is 32.7 Å². The maximum absolute atomic E-state index is 12.3. The molecule has 0 saturated heterocycles. The van der Waals surface area contributed by atoms with Gasteiger partial charge in [-0.25, -0.2) is 17.4 Å². The van der Waals surface area contributed by atoms with Gasteiger partial charge in [-0.3, -0.25) is 4.79 Å². The minimum atomic E-state index is -3.53. The van der Waals surface area contributed by atoms with Gasteiger partial charge in [0.2, 0.25) is 15.9 Å². The van der Waals surface area contributed by atoms with Crippen LogP contribution in [-0.4, -0.2) is 47.7 Å². The van der Waals surface area contributed by atoms with Crippen LogP contribution in [0.15, 0.2) is 41.3 Å². The molecule has 148 valence electrons. The number of hydrogen-bond acceptors (Lipinski definition) is 5. The highest BCUT2D eigenvalue weighted by molar-refractivity contribution is 7.89. The Balaban J connectivity index is 1.73. The predicted octanol–water partition coefficient (Wildman–Crippen LogP) is 2.33. The predicted molar refractivity (Wildman–Crippen MR) is 108 cm³/mol. The Hall–Kier alpha value is -2.78. The molecule has 1 aromatic heterocycles. The fourth-order valence-electron chi connectivity index (χ4n) is 2.78. The number of carbonyl (C=O) groups is 1. The van der Waals surface area contributed by atoms with Gasteiger partial charge >= 0.3 is 0 Å². The lowest BCUT2D eigenvalue weighted by molar-refractivity contribution is -0.116. The molecule has 0 aliphatic rings. The minimum absolute atomic E-state index is 0.121. The number of amides is 1. The Labute approximate surface area is 164 Å². The second-order valence-electron chi connectivity index (χ2n) is 6.87. The summed E-state index contributed by atoms with van der Waals surface area (Å²) in [7, 11) is -0.581. The quantitative estimate of drug-likeness (QED) is 0.684. The molecular weight excluding hydrogens is 378 g/mol. The summed E-state index contributed by atoms with van der Waals surface area (Å²) in [5, 5.41) is 11.0. The van der Waals surface area contributed by atoms with Crippen molar-refractivity contribution in [1.29, 1.82) is 0 Å². The molecule has 1 amide bonds. The molecule has 0 radical (unpaired) electrons. The number of carbonyl (C=O) groups excluding carboxylic acids is 1. The number of benzene rings is 2. The Morgan fingerprint density at radius 3 is 2.61 bits per heavy atom. The average Bonchev–Trinajstić information content (AvgIpc) is 3.05. The standard InChI is InChI=1S/C19H23N5O3S/c1-13-5-6-14(2)16(11-13)20-19(25)9-10-24-18-8-7-15(12-17(18)21-22-24)28(26,27)23(3)4/h5-8,11-12H,9-10H2,1-4H3,(H,20,25). The van der Waals surface area contributed by atoms with E-state index in [0.717, 1.165) is 21.1 Å². The zero-order chi connectivity index (χ0) is 20.5. The molecule has 3 aromatic rings. The van der Waals surface area contributed by atoms with Crippen LogP contribution in [0.2, 0.25) is 0 Å². The summed E-state index contributed by atoms with van der Waals surface area (Å²) in [6.45, 7) is 4.26. The van der Waals surface area contributed by atoms with E-state index in [4.69, 9.17) is 0 Å². The lowest BCUT2D eigenvalue weighted by Crippen LogP contribution is -2.22. The number of sulfonamides is 1. The monoisotopic (exact) mass is 401 g/mol. The van der Waals surface area contributed by atoms with Gasteiger partial charge in [0.05, 0.1) is 17.0 Å². The number of aromatic nitrogens is 3. The zero-order valence-electron chi connectivity index (χ0n) is 16.3. The van der Waals surface area contributed by atoms with Crippen molar-refractivity contribution in [2.24, 2.45) is 0 Å². The molecular formula is C19H23N5O3S. The van der Waals surface area contributed by atoms with Gasteiger partial charge in [-0.05, 0) is 49.2 Å². The van der Waals surface area contributed by atoms with E-state index in [1.165, 1.54) is 26.2 Å².